The Morgan fingerprint density at radius 3 is 2.52 bits per heavy atom. The summed E-state index contributed by atoms with van der Waals surface area (Å²) in [4.78, 5) is 23.9. The molecule has 0 spiro atoms. The van der Waals surface area contributed by atoms with Gasteiger partial charge in [-0.1, -0.05) is 28.9 Å². The van der Waals surface area contributed by atoms with Crippen molar-refractivity contribution in [3.63, 3.8) is 0 Å². The van der Waals surface area contributed by atoms with E-state index >= 15 is 0 Å². The first-order valence-electron chi connectivity index (χ1n) is 7.77. The Morgan fingerprint density at radius 2 is 1.72 bits per heavy atom. The first-order chi connectivity index (χ1) is 12.1. The SMILES string of the molecule is O=C(Cc1noc2ccccc12)NCCNC(=O)c1ccc(Cl)cc1. The van der Waals surface area contributed by atoms with Gasteiger partial charge in [-0.15, -0.1) is 0 Å². The number of carbonyl (C=O) groups excluding carboxylic acids is 2. The molecule has 0 unspecified atom stereocenters. The van der Waals surface area contributed by atoms with E-state index in [1.165, 1.54) is 0 Å². The molecule has 2 amide bonds. The molecule has 3 aromatic rings. The van der Waals surface area contributed by atoms with Crippen LogP contribution in [0, 0.1) is 0 Å². The van der Waals surface area contributed by atoms with Gasteiger partial charge in [0, 0.05) is 29.1 Å². The quantitative estimate of drug-likeness (QED) is 0.664. The smallest absolute Gasteiger partial charge is 0.251 e. The lowest BCUT2D eigenvalue weighted by atomic mass is 10.1. The van der Waals surface area contributed by atoms with Gasteiger partial charge in [-0.05, 0) is 36.4 Å². The molecule has 3 rings (SSSR count). The monoisotopic (exact) mass is 357 g/mol. The number of benzene rings is 2. The fourth-order valence-electron chi connectivity index (χ4n) is 2.36. The molecule has 7 heteroatoms. The summed E-state index contributed by atoms with van der Waals surface area (Å²) < 4.78 is 5.17. The van der Waals surface area contributed by atoms with E-state index in [2.05, 4.69) is 15.8 Å². The summed E-state index contributed by atoms with van der Waals surface area (Å²) in [5.74, 6) is -0.395. The largest absolute Gasteiger partial charge is 0.356 e. The standard InChI is InChI=1S/C18H16ClN3O3/c19-13-7-5-12(6-8-13)18(24)21-10-9-20-17(23)11-15-14-3-1-2-4-16(14)25-22-15/h1-8H,9-11H2,(H,20,23)(H,21,24). The average Bonchev–Trinajstić information content (AvgIpc) is 3.02. The third kappa shape index (κ3) is 4.36. The number of nitrogens with zero attached hydrogens (tertiary/aromatic N) is 1. The number of hydrogen-bond acceptors (Lipinski definition) is 4. The third-order valence-electron chi connectivity index (χ3n) is 3.62. The zero-order valence-electron chi connectivity index (χ0n) is 13.3. The van der Waals surface area contributed by atoms with Gasteiger partial charge >= 0.3 is 0 Å². The number of carbonyl (C=O) groups is 2. The van der Waals surface area contributed by atoms with E-state index in [0.717, 1.165) is 5.39 Å². The molecular weight excluding hydrogens is 342 g/mol. The van der Waals surface area contributed by atoms with E-state index in [-0.39, 0.29) is 18.2 Å². The highest BCUT2D eigenvalue weighted by Crippen LogP contribution is 2.17. The Labute approximate surface area is 149 Å². The number of fused-ring (bicyclic) bond motifs is 1. The molecule has 0 aliphatic carbocycles. The highest BCUT2D eigenvalue weighted by atomic mass is 35.5. The number of nitrogens with one attached hydrogen (secondary N) is 2. The number of hydrogen-bond donors (Lipinski definition) is 2. The van der Waals surface area contributed by atoms with Crippen LogP contribution in [-0.4, -0.2) is 30.1 Å². The van der Waals surface area contributed by atoms with Crippen LogP contribution in [0.5, 0.6) is 0 Å². The molecule has 0 bridgehead atoms. The zero-order chi connectivity index (χ0) is 17.6. The average molecular weight is 358 g/mol. The molecule has 0 aliphatic heterocycles. The Hall–Kier alpha value is -2.86. The second kappa shape index (κ2) is 7.81. The number of rotatable bonds is 6. The summed E-state index contributed by atoms with van der Waals surface area (Å²) >= 11 is 5.78. The number of aromatic nitrogens is 1. The first kappa shape index (κ1) is 17.0. The summed E-state index contributed by atoms with van der Waals surface area (Å²) in [6.07, 6.45) is 0.127. The van der Waals surface area contributed by atoms with Gasteiger partial charge < -0.3 is 15.2 Å². The van der Waals surface area contributed by atoms with Crippen molar-refractivity contribution in [3.05, 3.63) is 64.8 Å². The molecule has 0 saturated carbocycles. The van der Waals surface area contributed by atoms with Gasteiger partial charge in [-0.2, -0.15) is 0 Å². The van der Waals surface area contributed by atoms with Crippen LogP contribution in [0.25, 0.3) is 11.0 Å². The third-order valence-corrected chi connectivity index (χ3v) is 3.87. The molecule has 128 valence electrons. The van der Waals surface area contributed by atoms with E-state index in [9.17, 15) is 9.59 Å². The number of halogens is 1. The Balaban J connectivity index is 1.43. The van der Waals surface area contributed by atoms with Gasteiger partial charge in [-0.25, -0.2) is 0 Å². The molecule has 0 radical (unpaired) electrons. The molecule has 0 atom stereocenters. The summed E-state index contributed by atoms with van der Waals surface area (Å²) in [5.41, 5.74) is 1.77. The summed E-state index contributed by atoms with van der Waals surface area (Å²) in [5, 5.41) is 10.8. The molecule has 25 heavy (non-hydrogen) atoms. The van der Waals surface area contributed by atoms with Crippen molar-refractivity contribution in [2.75, 3.05) is 13.1 Å². The van der Waals surface area contributed by atoms with E-state index in [4.69, 9.17) is 16.1 Å². The molecule has 0 aliphatic rings. The fourth-order valence-corrected chi connectivity index (χ4v) is 2.49. The maximum absolute atomic E-state index is 12.0. The normalized spacial score (nSPS) is 10.6. The van der Waals surface area contributed by atoms with Crippen molar-refractivity contribution >= 4 is 34.4 Å². The molecule has 2 N–H and O–H groups in total. The van der Waals surface area contributed by atoms with Gasteiger partial charge in [0.05, 0.1) is 6.42 Å². The van der Waals surface area contributed by atoms with Gasteiger partial charge in [0.15, 0.2) is 5.58 Å². The minimum absolute atomic E-state index is 0.127. The molecule has 2 aromatic carbocycles. The van der Waals surface area contributed by atoms with E-state index in [1.54, 1.807) is 30.3 Å². The van der Waals surface area contributed by atoms with Crippen LogP contribution in [-0.2, 0) is 11.2 Å². The highest BCUT2D eigenvalue weighted by molar-refractivity contribution is 6.30. The lowest BCUT2D eigenvalue weighted by Gasteiger charge is -2.07. The number of para-hydroxylation sites is 1. The van der Waals surface area contributed by atoms with Crippen LogP contribution in [0.1, 0.15) is 16.1 Å². The molecule has 0 fully saturated rings. The van der Waals surface area contributed by atoms with Crippen LogP contribution in [0.3, 0.4) is 0 Å². The van der Waals surface area contributed by atoms with Gasteiger partial charge in [0.1, 0.15) is 5.69 Å². The van der Waals surface area contributed by atoms with E-state index < -0.39 is 0 Å². The Morgan fingerprint density at radius 1 is 1.00 bits per heavy atom. The lowest BCUT2D eigenvalue weighted by Crippen LogP contribution is -2.35. The number of amides is 2. The molecular formula is C18H16ClN3O3. The Kier molecular flexibility index (Phi) is 5.30. The summed E-state index contributed by atoms with van der Waals surface area (Å²) in [6, 6.07) is 14.0. The van der Waals surface area contributed by atoms with Crippen molar-refractivity contribution < 1.29 is 14.1 Å². The second-order valence-electron chi connectivity index (χ2n) is 5.41. The van der Waals surface area contributed by atoms with Crippen molar-refractivity contribution in [1.29, 1.82) is 0 Å². The van der Waals surface area contributed by atoms with Crippen molar-refractivity contribution in [3.8, 4) is 0 Å². The lowest BCUT2D eigenvalue weighted by molar-refractivity contribution is -0.120. The zero-order valence-corrected chi connectivity index (χ0v) is 14.0. The van der Waals surface area contributed by atoms with Crippen molar-refractivity contribution in [1.82, 2.24) is 15.8 Å². The maximum atomic E-state index is 12.0. The predicted octanol–water partition coefficient (Wildman–Crippen LogP) is 2.57. The van der Waals surface area contributed by atoms with Gasteiger partial charge in [0.25, 0.3) is 5.91 Å². The predicted molar refractivity (Wildman–Crippen MR) is 94.5 cm³/mol. The molecule has 1 aromatic heterocycles. The summed E-state index contributed by atoms with van der Waals surface area (Å²) in [7, 11) is 0. The maximum Gasteiger partial charge on any atom is 0.251 e. The Bertz CT molecular complexity index is 890. The van der Waals surface area contributed by atoms with Crippen molar-refractivity contribution in [2.45, 2.75) is 6.42 Å². The van der Waals surface area contributed by atoms with Crippen LogP contribution in [0.4, 0.5) is 0 Å². The van der Waals surface area contributed by atoms with Crippen LogP contribution in [0.15, 0.2) is 53.1 Å². The second-order valence-corrected chi connectivity index (χ2v) is 5.85. The topological polar surface area (TPSA) is 84.2 Å². The minimum Gasteiger partial charge on any atom is -0.356 e. The van der Waals surface area contributed by atoms with Crippen LogP contribution in [0.2, 0.25) is 5.02 Å². The minimum atomic E-state index is -0.214. The summed E-state index contributed by atoms with van der Waals surface area (Å²) in [6.45, 7) is 0.653. The van der Waals surface area contributed by atoms with Crippen molar-refractivity contribution in [2.24, 2.45) is 0 Å². The molecule has 0 saturated heterocycles. The van der Waals surface area contributed by atoms with Crippen LogP contribution >= 0.6 is 11.6 Å². The molecule has 1 heterocycles. The molecule has 6 nitrogen and oxygen atoms in total. The van der Waals surface area contributed by atoms with E-state index in [0.29, 0.717) is 35.0 Å². The van der Waals surface area contributed by atoms with Crippen LogP contribution < -0.4 is 10.6 Å². The highest BCUT2D eigenvalue weighted by Gasteiger charge is 2.11. The first-order valence-corrected chi connectivity index (χ1v) is 8.15. The van der Waals surface area contributed by atoms with Gasteiger partial charge in [0.2, 0.25) is 5.91 Å². The fraction of sp³-hybridized carbons (Fsp3) is 0.167. The van der Waals surface area contributed by atoms with E-state index in [1.807, 2.05) is 18.2 Å². The van der Waals surface area contributed by atoms with Gasteiger partial charge in [-0.3, -0.25) is 9.59 Å².